The minimum Gasteiger partial charge on any atom is -0.465 e. The molecular weight excluding hydrogens is 268 g/mol. The molecule has 0 aliphatic carbocycles. The molecule has 1 N–H and O–H groups in total. The zero-order valence-electron chi connectivity index (χ0n) is 12.6. The van der Waals surface area contributed by atoms with Crippen LogP contribution >= 0.6 is 0 Å². The van der Waals surface area contributed by atoms with Gasteiger partial charge in [-0.3, -0.25) is 4.79 Å². The molecule has 1 aromatic carbocycles. The van der Waals surface area contributed by atoms with Crippen molar-refractivity contribution in [3.8, 4) is 0 Å². The summed E-state index contributed by atoms with van der Waals surface area (Å²) in [6, 6.07) is 7.58. The molecule has 1 aromatic rings. The van der Waals surface area contributed by atoms with Crippen LogP contribution in [-0.4, -0.2) is 49.6 Å². The highest BCUT2D eigenvalue weighted by Gasteiger charge is 2.19. The van der Waals surface area contributed by atoms with E-state index >= 15 is 0 Å². The van der Waals surface area contributed by atoms with Gasteiger partial charge >= 0.3 is 5.97 Å². The van der Waals surface area contributed by atoms with Gasteiger partial charge in [0.25, 0.3) is 0 Å². The number of benzene rings is 1. The molecule has 1 aliphatic rings. The van der Waals surface area contributed by atoms with Crippen LogP contribution in [0.5, 0.6) is 0 Å². The van der Waals surface area contributed by atoms with Crippen molar-refractivity contribution in [3.63, 3.8) is 0 Å². The fourth-order valence-electron chi connectivity index (χ4n) is 2.49. The molecule has 21 heavy (non-hydrogen) atoms. The first-order chi connectivity index (χ1) is 10.1. The number of esters is 1. The number of piperazine rings is 1. The van der Waals surface area contributed by atoms with Gasteiger partial charge in [-0.15, -0.1) is 0 Å². The summed E-state index contributed by atoms with van der Waals surface area (Å²) in [6.45, 7) is 4.51. The molecule has 0 aromatic heterocycles. The largest absolute Gasteiger partial charge is 0.465 e. The van der Waals surface area contributed by atoms with Crippen molar-refractivity contribution in [1.82, 2.24) is 10.2 Å². The zero-order chi connectivity index (χ0) is 15.2. The van der Waals surface area contributed by atoms with Gasteiger partial charge in [-0.25, -0.2) is 4.79 Å². The van der Waals surface area contributed by atoms with E-state index in [0.717, 1.165) is 25.2 Å². The summed E-state index contributed by atoms with van der Waals surface area (Å²) in [6.07, 6.45) is 1.20. The lowest BCUT2D eigenvalue weighted by Crippen LogP contribution is -2.51. The summed E-state index contributed by atoms with van der Waals surface area (Å²) in [7, 11) is 1.36. The predicted molar refractivity (Wildman–Crippen MR) is 80.1 cm³/mol. The second kappa shape index (κ2) is 7.22. The van der Waals surface area contributed by atoms with E-state index in [-0.39, 0.29) is 11.9 Å². The van der Waals surface area contributed by atoms with Gasteiger partial charge in [0.05, 0.1) is 12.7 Å². The molecule has 114 valence electrons. The molecular formula is C16H22N2O3. The third-order valence-electron chi connectivity index (χ3n) is 3.72. The number of nitrogens with zero attached hydrogens (tertiary/aromatic N) is 1. The summed E-state index contributed by atoms with van der Waals surface area (Å²) in [5.74, 6) is -0.146. The van der Waals surface area contributed by atoms with E-state index in [9.17, 15) is 9.59 Å². The number of carbonyl (C=O) groups excluding carboxylic acids is 2. The normalized spacial score (nSPS) is 18.4. The Bertz CT molecular complexity index is 499. The zero-order valence-corrected chi connectivity index (χ0v) is 12.6. The molecule has 1 aliphatic heterocycles. The summed E-state index contributed by atoms with van der Waals surface area (Å²) >= 11 is 0. The molecule has 0 radical (unpaired) electrons. The predicted octanol–water partition coefficient (Wildman–Crippen LogP) is 1.23. The molecule has 0 bridgehead atoms. The first kappa shape index (κ1) is 15.5. The van der Waals surface area contributed by atoms with E-state index in [4.69, 9.17) is 0 Å². The van der Waals surface area contributed by atoms with Crippen molar-refractivity contribution < 1.29 is 14.3 Å². The van der Waals surface area contributed by atoms with Crippen LogP contribution in [0.4, 0.5) is 0 Å². The number of nitrogens with one attached hydrogen (secondary N) is 1. The van der Waals surface area contributed by atoms with Crippen LogP contribution in [0.3, 0.4) is 0 Å². The van der Waals surface area contributed by atoms with Gasteiger partial charge in [-0.05, 0) is 31.0 Å². The quantitative estimate of drug-likeness (QED) is 0.847. The van der Waals surface area contributed by atoms with Crippen LogP contribution in [0, 0.1) is 0 Å². The molecule has 0 saturated carbocycles. The molecule has 1 saturated heterocycles. The fraction of sp³-hybridized carbons (Fsp3) is 0.500. The van der Waals surface area contributed by atoms with E-state index in [1.165, 1.54) is 7.11 Å². The molecule has 2 rings (SSSR count). The maximum atomic E-state index is 12.2. The average molecular weight is 290 g/mol. The van der Waals surface area contributed by atoms with Crippen LogP contribution in [0.15, 0.2) is 24.3 Å². The Balaban J connectivity index is 1.85. The van der Waals surface area contributed by atoms with E-state index in [1.807, 2.05) is 17.0 Å². The van der Waals surface area contributed by atoms with Crippen molar-refractivity contribution >= 4 is 11.9 Å². The van der Waals surface area contributed by atoms with Gasteiger partial charge < -0.3 is 15.0 Å². The Morgan fingerprint density at radius 2 is 2.05 bits per heavy atom. The topological polar surface area (TPSA) is 58.6 Å². The van der Waals surface area contributed by atoms with Crippen LogP contribution in [0.2, 0.25) is 0 Å². The molecule has 1 heterocycles. The second-order valence-electron chi connectivity index (χ2n) is 5.38. The average Bonchev–Trinajstić information content (AvgIpc) is 2.52. The number of amides is 1. The number of carbonyl (C=O) groups is 2. The first-order valence-electron chi connectivity index (χ1n) is 7.28. The minimum absolute atomic E-state index is 0.195. The van der Waals surface area contributed by atoms with Gasteiger partial charge in [0.2, 0.25) is 5.91 Å². The highest BCUT2D eigenvalue weighted by molar-refractivity contribution is 5.89. The molecule has 1 amide bonds. The summed E-state index contributed by atoms with van der Waals surface area (Å²) in [4.78, 5) is 25.4. The van der Waals surface area contributed by atoms with E-state index in [2.05, 4.69) is 17.0 Å². The third-order valence-corrected chi connectivity index (χ3v) is 3.72. The standard InChI is InChI=1S/C16H22N2O3/c1-12-11-18(10-9-17-12)15(19)8-5-13-3-6-14(7-4-13)16(20)21-2/h3-4,6-7,12,17H,5,8-11H2,1-2H3/t12-/m1/s1. The maximum absolute atomic E-state index is 12.2. The highest BCUT2D eigenvalue weighted by Crippen LogP contribution is 2.10. The van der Waals surface area contributed by atoms with Crippen molar-refractivity contribution in [1.29, 1.82) is 0 Å². The number of ether oxygens (including phenoxy) is 1. The van der Waals surface area contributed by atoms with Gasteiger partial charge in [-0.2, -0.15) is 0 Å². The second-order valence-corrected chi connectivity index (χ2v) is 5.38. The lowest BCUT2D eigenvalue weighted by Gasteiger charge is -2.32. The number of rotatable bonds is 4. The molecule has 5 heteroatoms. The van der Waals surface area contributed by atoms with Crippen molar-refractivity contribution in [2.45, 2.75) is 25.8 Å². The van der Waals surface area contributed by atoms with E-state index in [0.29, 0.717) is 24.4 Å². The minimum atomic E-state index is -0.340. The number of hydrogen-bond acceptors (Lipinski definition) is 4. The van der Waals surface area contributed by atoms with Crippen LogP contribution in [0.1, 0.15) is 29.3 Å². The molecule has 0 unspecified atom stereocenters. The first-order valence-corrected chi connectivity index (χ1v) is 7.28. The summed E-state index contributed by atoms with van der Waals surface area (Å²) in [5, 5.41) is 3.33. The fourth-order valence-corrected chi connectivity index (χ4v) is 2.49. The Hall–Kier alpha value is -1.88. The summed E-state index contributed by atoms with van der Waals surface area (Å²) in [5.41, 5.74) is 1.59. The van der Waals surface area contributed by atoms with Gasteiger partial charge in [0.1, 0.15) is 0 Å². The summed E-state index contributed by atoms with van der Waals surface area (Å²) < 4.78 is 4.66. The van der Waals surface area contributed by atoms with Crippen molar-refractivity contribution in [2.24, 2.45) is 0 Å². The molecule has 5 nitrogen and oxygen atoms in total. The van der Waals surface area contributed by atoms with Crippen LogP contribution in [-0.2, 0) is 16.0 Å². The number of hydrogen-bond donors (Lipinski definition) is 1. The lowest BCUT2D eigenvalue weighted by molar-refractivity contribution is -0.132. The Morgan fingerprint density at radius 1 is 1.33 bits per heavy atom. The lowest BCUT2D eigenvalue weighted by atomic mass is 10.1. The Morgan fingerprint density at radius 3 is 2.67 bits per heavy atom. The van der Waals surface area contributed by atoms with Gasteiger partial charge in [0, 0.05) is 32.1 Å². The Kier molecular flexibility index (Phi) is 5.33. The molecule has 0 spiro atoms. The van der Waals surface area contributed by atoms with Gasteiger partial charge in [0.15, 0.2) is 0 Å². The highest BCUT2D eigenvalue weighted by atomic mass is 16.5. The smallest absolute Gasteiger partial charge is 0.337 e. The SMILES string of the molecule is COC(=O)c1ccc(CCC(=O)N2CCN[C@H](C)C2)cc1. The third kappa shape index (κ3) is 4.29. The van der Waals surface area contributed by atoms with Crippen LogP contribution < -0.4 is 5.32 Å². The van der Waals surface area contributed by atoms with Crippen molar-refractivity contribution in [2.75, 3.05) is 26.7 Å². The van der Waals surface area contributed by atoms with Crippen molar-refractivity contribution in [3.05, 3.63) is 35.4 Å². The van der Waals surface area contributed by atoms with E-state index < -0.39 is 0 Å². The van der Waals surface area contributed by atoms with Gasteiger partial charge in [-0.1, -0.05) is 12.1 Å². The van der Waals surface area contributed by atoms with E-state index in [1.54, 1.807) is 12.1 Å². The number of aryl methyl sites for hydroxylation is 1. The monoisotopic (exact) mass is 290 g/mol. The Labute approximate surface area is 125 Å². The molecule has 1 fully saturated rings. The van der Waals surface area contributed by atoms with Crippen LogP contribution in [0.25, 0.3) is 0 Å². The number of methoxy groups -OCH3 is 1. The maximum Gasteiger partial charge on any atom is 0.337 e. The molecule has 1 atom stereocenters.